The largest absolute Gasteiger partial charge is 0.491 e. The lowest BCUT2D eigenvalue weighted by Gasteiger charge is -2.09. The van der Waals surface area contributed by atoms with Crippen LogP contribution in [0, 0.1) is 0 Å². The van der Waals surface area contributed by atoms with Crippen molar-refractivity contribution >= 4 is 23.9 Å². The van der Waals surface area contributed by atoms with E-state index >= 15 is 0 Å². The lowest BCUT2D eigenvalue weighted by Crippen LogP contribution is -2.26. The van der Waals surface area contributed by atoms with Crippen molar-refractivity contribution in [2.45, 2.75) is 37.2 Å². The molecule has 1 N–H and O–H groups in total. The third kappa shape index (κ3) is 6.04. The summed E-state index contributed by atoms with van der Waals surface area (Å²) in [6, 6.07) is 13.1. The second kappa shape index (κ2) is 9.08. The predicted octanol–water partition coefficient (Wildman–Crippen LogP) is 3.50. The Hall–Kier alpha value is -2.34. The highest BCUT2D eigenvalue weighted by molar-refractivity contribution is 8.00. The maximum absolute atomic E-state index is 12.0. The molecule has 1 unspecified atom stereocenters. The summed E-state index contributed by atoms with van der Waals surface area (Å²) < 4.78 is 5.58. The topological polar surface area (TPSA) is 63.6 Å². The quantitative estimate of drug-likeness (QED) is 0.475. The van der Waals surface area contributed by atoms with E-state index in [9.17, 15) is 4.79 Å². The Morgan fingerprint density at radius 3 is 2.58 bits per heavy atom. The Labute approximate surface area is 146 Å². The van der Waals surface area contributed by atoms with Crippen LogP contribution in [-0.4, -0.2) is 28.5 Å². The average molecular weight is 343 g/mol. The van der Waals surface area contributed by atoms with Crippen LogP contribution in [0.25, 0.3) is 0 Å². The van der Waals surface area contributed by atoms with E-state index in [0.717, 1.165) is 16.3 Å². The monoisotopic (exact) mass is 343 g/mol. The number of benzene rings is 1. The number of ether oxygens (including phenoxy) is 1. The van der Waals surface area contributed by atoms with Crippen molar-refractivity contribution in [3.8, 4) is 5.75 Å². The average Bonchev–Trinajstić information content (AvgIpc) is 2.56. The van der Waals surface area contributed by atoms with Crippen LogP contribution >= 0.6 is 11.8 Å². The molecular weight excluding hydrogens is 322 g/mol. The van der Waals surface area contributed by atoms with E-state index in [1.807, 2.05) is 63.2 Å². The molecule has 0 aliphatic rings. The van der Waals surface area contributed by atoms with Gasteiger partial charge in [0, 0.05) is 6.20 Å². The van der Waals surface area contributed by atoms with Crippen molar-refractivity contribution in [3.63, 3.8) is 0 Å². The van der Waals surface area contributed by atoms with Gasteiger partial charge in [0.2, 0.25) is 0 Å². The van der Waals surface area contributed by atoms with Crippen molar-refractivity contribution in [3.05, 3.63) is 54.2 Å². The number of carbonyl (C=O) groups excluding carboxylic acids is 1. The number of carbonyl (C=O) groups is 1. The predicted molar refractivity (Wildman–Crippen MR) is 97.5 cm³/mol. The van der Waals surface area contributed by atoms with Crippen molar-refractivity contribution in [1.29, 1.82) is 0 Å². The minimum absolute atomic E-state index is 0.141. The fourth-order valence-corrected chi connectivity index (χ4v) is 2.62. The first-order valence-corrected chi connectivity index (χ1v) is 8.60. The number of hydrazone groups is 1. The molecule has 0 radical (unpaired) electrons. The summed E-state index contributed by atoms with van der Waals surface area (Å²) >= 11 is 1.39. The molecule has 1 amide bonds. The van der Waals surface area contributed by atoms with Crippen LogP contribution in [0.15, 0.2) is 58.8 Å². The van der Waals surface area contributed by atoms with Gasteiger partial charge in [-0.15, -0.1) is 0 Å². The van der Waals surface area contributed by atoms with Crippen LogP contribution < -0.4 is 10.2 Å². The summed E-state index contributed by atoms with van der Waals surface area (Å²) in [4.78, 5) is 16.2. The molecule has 0 fully saturated rings. The summed E-state index contributed by atoms with van der Waals surface area (Å²) in [6.45, 7) is 5.78. The van der Waals surface area contributed by atoms with E-state index in [-0.39, 0.29) is 17.3 Å². The highest BCUT2D eigenvalue weighted by Gasteiger charge is 2.13. The normalized spacial score (nSPS) is 12.3. The van der Waals surface area contributed by atoms with Crippen molar-refractivity contribution in [2.75, 3.05) is 0 Å². The molecule has 1 heterocycles. The number of hydrogen-bond donors (Lipinski definition) is 1. The number of thioether (sulfide) groups is 1. The van der Waals surface area contributed by atoms with Gasteiger partial charge in [0.15, 0.2) is 0 Å². The van der Waals surface area contributed by atoms with Crippen LogP contribution in [0.5, 0.6) is 5.75 Å². The van der Waals surface area contributed by atoms with Crippen LogP contribution in [-0.2, 0) is 4.79 Å². The standard InChI is InChI=1S/C18H21N3O2S/c1-13(2)23-16-9-7-15(8-10-16)12-20-21-18(22)14(3)24-17-6-4-5-11-19-17/h4-14H,1-3H3,(H,21,22). The second-order valence-electron chi connectivity index (χ2n) is 5.40. The summed E-state index contributed by atoms with van der Waals surface area (Å²) in [5.74, 6) is 0.647. The molecule has 1 aromatic carbocycles. The second-order valence-corrected chi connectivity index (χ2v) is 6.76. The third-order valence-electron chi connectivity index (χ3n) is 2.94. The van der Waals surface area contributed by atoms with E-state index in [0.29, 0.717) is 0 Å². The number of hydrogen-bond acceptors (Lipinski definition) is 5. The first-order valence-electron chi connectivity index (χ1n) is 7.72. The van der Waals surface area contributed by atoms with Gasteiger partial charge in [-0.3, -0.25) is 4.79 Å². The SMILES string of the molecule is CC(C)Oc1ccc(C=NNC(=O)C(C)Sc2ccccn2)cc1. The van der Waals surface area contributed by atoms with Crippen LogP contribution in [0.1, 0.15) is 26.3 Å². The Morgan fingerprint density at radius 2 is 1.96 bits per heavy atom. The molecule has 24 heavy (non-hydrogen) atoms. The van der Waals surface area contributed by atoms with Gasteiger partial charge in [-0.25, -0.2) is 10.4 Å². The van der Waals surface area contributed by atoms with E-state index in [1.54, 1.807) is 12.4 Å². The van der Waals surface area contributed by atoms with Gasteiger partial charge < -0.3 is 4.74 Å². The molecule has 0 saturated carbocycles. The van der Waals surface area contributed by atoms with Gasteiger partial charge in [0.05, 0.1) is 22.6 Å². The summed E-state index contributed by atoms with van der Waals surface area (Å²) in [5, 5.41) is 4.53. The molecule has 0 aliphatic heterocycles. The fourth-order valence-electron chi connectivity index (χ4n) is 1.82. The van der Waals surface area contributed by atoms with Crippen molar-refractivity contribution in [1.82, 2.24) is 10.4 Å². The van der Waals surface area contributed by atoms with Gasteiger partial charge in [0.1, 0.15) is 5.75 Å². The highest BCUT2D eigenvalue weighted by Crippen LogP contribution is 2.20. The van der Waals surface area contributed by atoms with E-state index in [4.69, 9.17) is 4.74 Å². The molecule has 0 aliphatic carbocycles. The van der Waals surface area contributed by atoms with Gasteiger partial charge in [-0.1, -0.05) is 17.8 Å². The molecule has 2 aromatic rings. The highest BCUT2D eigenvalue weighted by atomic mass is 32.2. The first-order chi connectivity index (χ1) is 11.5. The number of aromatic nitrogens is 1. The third-order valence-corrected chi connectivity index (χ3v) is 4.00. The lowest BCUT2D eigenvalue weighted by molar-refractivity contribution is -0.120. The van der Waals surface area contributed by atoms with Gasteiger partial charge in [0.25, 0.3) is 5.91 Å². The maximum Gasteiger partial charge on any atom is 0.253 e. The summed E-state index contributed by atoms with van der Waals surface area (Å²) in [5.41, 5.74) is 3.43. The van der Waals surface area contributed by atoms with E-state index in [1.165, 1.54) is 11.8 Å². The summed E-state index contributed by atoms with van der Waals surface area (Å²) in [7, 11) is 0. The van der Waals surface area contributed by atoms with Gasteiger partial charge in [-0.05, 0) is 62.7 Å². The van der Waals surface area contributed by atoms with Crippen molar-refractivity contribution < 1.29 is 9.53 Å². The Morgan fingerprint density at radius 1 is 1.21 bits per heavy atom. The van der Waals surface area contributed by atoms with Gasteiger partial charge >= 0.3 is 0 Å². The Kier molecular flexibility index (Phi) is 6.81. The zero-order valence-corrected chi connectivity index (χ0v) is 14.8. The maximum atomic E-state index is 12.0. The molecule has 6 heteroatoms. The molecule has 126 valence electrons. The van der Waals surface area contributed by atoms with Crippen molar-refractivity contribution in [2.24, 2.45) is 5.10 Å². The molecular formula is C18H21N3O2S. The Balaban J connectivity index is 1.83. The smallest absolute Gasteiger partial charge is 0.253 e. The van der Waals surface area contributed by atoms with Gasteiger partial charge in [-0.2, -0.15) is 5.10 Å². The number of amides is 1. The molecule has 2 rings (SSSR count). The van der Waals surface area contributed by atoms with Crippen LogP contribution in [0.3, 0.4) is 0 Å². The van der Waals surface area contributed by atoms with Crippen LogP contribution in [0.2, 0.25) is 0 Å². The van der Waals surface area contributed by atoms with Crippen LogP contribution in [0.4, 0.5) is 0 Å². The number of nitrogens with zero attached hydrogens (tertiary/aromatic N) is 2. The number of rotatable bonds is 7. The molecule has 0 saturated heterocycles. The fraction of sp³-hybridized carbons (Fsp3) is 0.278. The number of nitrogens with one attached hydrogen (secondary N) is 1. The minimum atomic E-state index is -0.279. The minimum Gasteiger partial charge on any atom is -0.491 e. The molecule has 0 bridgehead atoms. The Bertz CT molecular complexity index is 672. The molecule has 1 atom stereocenters. The number of pyridine rings is 1. The van der Waals surface area contributed by atoms with E-state index in [2.05, 4.69) is 15.5 Å². The molecule has 0 spiro atoms. The zero-order valence-electron chi connectivity index (χ0n) is 14.0. The molecule has 5 nitrogen and oxygen atoms in total. The zero-order chi connectivity index (χ0) is 17.4. The molecule has 1 aromatic heterocycles. The lowest BCUT2D eigenvalue weighted by atomic mass is 10.2. The van der Waals surface area contributed by atoms with E-state index < -0.39 is 0 Å². The first kappa shape index (κ1) is 18.0. The summed E-state index contributed by atoms with van der Waals surface area (Å²) in [6.07, 6.45) is 3.45.